The molecule has 0 saturated carbocycles. The zero-order valence-electron chi connectivity index (χ0n) is 19.4. The summed E-state index contributed by atoms with van der Waals surface area (Å²) < 4.78 is 12.0. The summed E-state index contributed by atoms with van der Waals surface area (Å²) in [7, 11) is 0. The van der Waals surface area contributed by atoms with Gasteiger partial charge in [-0.15, -0.1) is 23.8 Å². The van der Waals surface area contributed by atoms with Crippen LogP contribution in [0.3, 0.4) is 0 Å². The summed E-state index contributed by atoms with van der Waals surface area (Å²) in [6.45, 7) is 7.67. The van der Waals surface area contributed by atoms with Crippen molar-refractivity contribution in [3.05, 3.63) is 107 Å². The van der Waals surface area contributed by atoms with Crippen LogP contribution in [0.5, 0.6) is 0 Å². The molecule has 0 amide bonds. The number of benzene rings is 3. The van der Waals surface area contributed by atoms with Gasteiger partial charge in [-0.3, -0.25) is 9.98 Å². The van der Waals surface area contributed by atoms with E-state index in [2.05, 4.69) is 63.2 Å². The number of aliphatic imine (C=N–C) groups is 2. The quantitative estimate of drug-likeness (QED) is 0.363. The van der Waals surface area contributed by atoms with Crippen LogP contribution in [0.15, 0.2) is 82.8 Å². The van der Waals surface area contributed by atoms with Crippen molar-refractivity contribution in [1.29, 1.82) is 0 Å². The average molecular weight is 562 g/mol. The van der Waals surface area contributed by atoms with Crippen molar-refractivity contribution < 1.29 is 42.9 Å². The van der Waals surface area contributed by atoms with Crippen molar-refractivity contribution >= 4 is 11.8 Å². The number of halogens is 1. The number of hydrogen-bond acceptors (Lipinski definition) is 4. The second-order valence-corrected chi connectivity index (χ2v) is 9.29. The molecule has 34 heavy (non-hydrogen) atoms. The first-order valence-corrected chi connectivity index (χ1v) is 11.1. The van der Waals surface area contributed by atoms with Crippen molar-refractivity contribution in [1.82, 2.24) is 0 Å². The summed E-state index contributed by atoms with van der Waals surface area (Å²) in [5.41, 5.74) is 5.13. The Kier molecular flexibility index (Phi) is 8.38. The maximum Gasteiger partial charge on any atom is 2.00 e. The van der Waals surface area contributed by atoms with Gasteiger partial charge in [-0.25, -0.2) is 0 Å². The molecule has 0 aromatic heterocycles. The van der Waals surface area contributed by atoms with E-state index in [9.17, 15) is 0 Å². The Bertz CT molecular complexity index is 1090. The fourth-order valence-electron chi connectivity index (χ4n) is 3.97. The molecule has 0 fully saturated rings. The van der Waals surface area contributed by atoms with Gasteiger partial charge in [0.05, 0.1) is 0 Å². The number of hydrogen-bond donors (Lipinski definition) is 0. The normalized spacial score (nSPS) is 19.1. The van der Waals surface area contributed by atoms with Crippen LogP contribution >= 0.6 is 0 Å². The van der Waals surface area contributed by atoms with E-state index in [-0.39, 0.29) is 51.0 Å². The Hall–Kier alpha value is -2.43. The minimum absolute atomic E-state index is 0. The third-order valence-electron chi connectivity index (χ3n) is 5.87. The van der Waals surface area contributed by atoms with Gasteiger partial charge in [0.25, 0.3) is 0 Å². The monoisotopic (exact) mass is 560 g/mol. The van der Waals surface area contributed by atoms with Crippen LogP contribution in [0.4, 0.5) is 0 Å². The van der Waals surface area contributed by atoms with Crippen LogP contribution in [0, 0.1) is 6.07 Å². The fraction of sp³-hybridized carbons (Fsp3) is 0.286. The molecule has 2 atom stereocenters. The van der Waals surface area contributed by atoms with Gasteiger partial charge in [0.1, 0.15) is 37.1 Å². The molecule has 0 unspecified atom stereocenters. The molecule has 2 aliphatic heterocycles. The van der Waals surface area contributed by atoms with Gasteiger partial charge < -0.3 is 26.5 Å². The summed E-state index contributed by atoms with van der Waals surface area (Å²) in [4.78, 5) is 9.73. The molecule has 0 aliphatic carbocycles. The minimum Gasteiger partial charge on any atom is -1.00 e. The molecule has 5 rings (SSSR count). The van der Waals surface area contributed by atoms with Crippen molar-refractivity contribution in [3.8, 4) is 0 Å². The second-order valence-electron chi connectivity index (χ2n) is 9.29. The average Bonchev–Trinajstić information content (AvgIpc) is 3.50. The van der Waals surface area contributed by atoms with Crippen LogP contribution in [0.25, 0.3) is 0 Å². The van der Waals surface area contributed by atoms with Gasteiger partial charge in [-0.1, -0.05) is 92.6 Å². The summed E-state index contributed by atoms with van der Waals surface area (Å²) >= 11 is 0. The van der Waals surface area contributed by atoms with E-state index in [0.29, 0.717) is 25.0 Å². The molecular formula is C28H27BrN2NiO2. The van der Waals surface area contributed by atoms with Crippen LogP contribution in [0.2, 0.25) is 0 Å². The van der Waals surface area contributed by atoms with Crippen molar-refractivity contribution in [2.24, 2.45) is 9.98 Å². The summed E-state index contributed by atoms with van der Waals surface area (Å²) in [5, 5.41) is 0. The Morgan fingerprint density at radius 1 is 0.735 bits per heavy atom. The first-order chi connectivity index (χ1) is 15.5. The van der Waals surface area contributed by atoms with Crippen LogP contribution < -0.4 is 17.0 Å². The zero-order valence-corrected chi connectivity index (χ0v) is 22.0. The molecule has 2 heterocycles. The summed E-state index contributed by atoms with van der Waals surface area (Å²) in [6, 6.07) is 28.3. The molecule has 3 aromatic carbocycles. The van der Waals surface area contributed by atoms with E-state index < -0.39 is 0 Å². The van der Waals surface area contributed by atoms with Gasteiger partial charge in [0, 0.05) is 0 Å². The molecule has 0 radical (unpaired) electrons. The molecule has 0 saturated heterocycles. The molecule has 0 bridgehead atoms. The van der Waals surface area contributed by atoms with Crippen LogP contribution in [-0.2, 0) is 31.4 Å². The Labute approximate surface area is 222 Å². The molecular weight excluding hydrogens is 535 g/mol. The molecule has 0 spiro atoms. The minimum atomic E-state index is -0.0470. The van der Waals surface area contributed by atoms with Gasteiger partial charge in [-0.2, -0.15) is 0 Å². The third-order valence-corrected chi connectivity index (χ3v) is 5.87. The van der Waals surface area contributed by atoms with E-state index in [1.54, 1.807) is 0 Å². The molecule has 2 aliphatic rings. The Morgan fingerprint density at radius 2 is 1.15 bits per heavy atom. The van der Waals surface area contributed by atoms with Crippen LogP contribution in [0.1, 0.15) is 60.7 Å². The van der Waals surface area contributed by atoms with Crippen molar-refractivity contribution in [2.75, 3.05) is 13.2 Å². The van der Waals surface area contributed by atoms with E-state index in [4.69, 9.17) is 19.5 Å². The first-order valence-electron chi connectivity index (χ1n) is 11.1. The smallest absolute Gasteiger partial charge is 1.00 e. The molecule has 4 nitrogen and oxygen atoms in total. The zero-order chi connectivity index (χ0) is 22.1. The number of rotatable bonds is 4. The maximum atomic E-state index is 6.02. The topological polar surface area (TPSA) is 43.2 Å². The van der Waals surface area contributed by atoms with E-state index in [0.717, 1.165) is 22.3 Å². The van der Waals surface area contributed by atoms with E-state index in [1.165, 1.54) is 5.56 Å². The van der Waals surface area contributed by atoms with Gasteiger partial charge in [0.15, 0.2) is 0 Å². The van der Waals surface area contributed by atoms with E-state index in [1.807, 2.05) is 36.4 Å². The van der Waals surface area contributed by atoms with Gasteiger partial charge in [0.2, 0.25) is 0 Å². The Balaban J connectivity index is 0.00000162. The largest absolute Gasteiger partial charge is 2.00 e. The van der Waals surface area contributed by atoms with Crippen molar-refractivity contribution in [2.45, 2.75) is 38.3 Å². The predicted molar refractivity (Wildman–Crippen MR) is 127 cm³/mol. The fourth-order valence-corrected chi connectivity index (χ4v) is 3.97. The predicted octanol–water partition coefficient (Wildman–Crippen LogP) is 2.82. The van der Waals surface area contributed by atoms with E-state index >= 15 is 0 Å². The second kappa shape index (κ2) is 10.9. The Morgan fingerprint density at radius 3 is 1.53 bits per heavy atom. The number of ether oxygens (including phenoxy) is 2. The summed E-state index contributed by atoms with van der Waals surface area (Å²) in [6.07, 6.45) is 0. The first kappa shape index (κ1) is 26.2. The maximum absolute atomic E-state index is 6.02. The third kappa shape index (κ3) is 5.62. The van der Waals surface area contributed by atoms with Gasteiger partial charge >= 0.3 is 16.5 Å². The number of nitrogens with zero attached hydrogens (tertiary/aromatic N) is 2. The SMILES string of the molecule is CC(C)(C)c1cc(C2=N[C@H](c3ccccc3)CO2)[c-]c(C2=N[C@H](c3ccccc3)CO2)c1.[Br-].[Ni+2]. The standard InChI is InChI=1S/C28H27N2O2.BrH.Ni/c1-28(2,3)23-15-21(26-29-24(17-31-26)19-10-6-4-7-11-19)14-22(16-23)27-30-25(18-32-27)20-12-8-5-9-13-20;;/h4-13,15-16,24-25H,17-18H2,1-3H3;1H;/q-1;;+2/p-1/t24-,25-;;/m0../s1. The molecule has 0 N–H and O–H groups in total. The molecule has 3 aromatic rings. The van der Waals surface area contributed by atoms with Crippen LogP contribution in [-0.4, -0.2) is 25.0 Å². The molecule has 6 heteroatoms. The van der Waals surface area contributed by atoms with Gasteiger partial charge in [-0.05, 0) is 16.5 Å². The van der Waals surface area contributed by atoms with Crippen molar-refractivity contribution in [3.63, 3.8) is 0 Å². The summed E-state index contributed by atoms with van der Waals surface area (Å²) in [5.74, 6) is 1.26. The molecule has 178 valence electrons.